The Bertz CT molecular complexity index is 1520. The second-order valence-corrected chi connectivity index (χ2v) is 10.4. The van der Waals surface area contributed by atoms with Gasteiger partial charge < -0.3 is 11.1 Å². The van der Waals surface area contributed by atoms with Crippen molar-refractivity contribution in [3.8, 4) is 0 Å². The Morgan fingerprint density at radius 1 is 1.03 bits per heavy atom. The summed E-state index contributed by atoms with van der Waals surface area (Å²) in [5, 5.41) is 3.64. The summed E-state index contributed by atoms with van der Waals surface area (Å²) in [4.78, 5) is 25.7. The number of amides is 1. The molecule has 0 unspecified atom stereocenters. The maximum absolute atomic E-state index is 12.7. The molecule has 0 aliphatic carbocycles. The molecule has 0 spiro atoms. The monoisotopic (exact) mass is 475 g/mol. The third-order valence-electron chi connectivity index (χ3n) is 5.49. The minimum absolute atomic E-state index is 0.182. The number of nitrogens with zero attached hydrogens (tertiary/aromatic N) is 3. The maximum Gasteiger partial charge on any atom is 0.251 e. The van der Waals surface area contributed by atoms with Crippen LogP contribution >= 0.6 is 0 Å². The summed E-state index contributed by atoms with van der Waals surface area (Å²) in [5.41, 5.74) is 10.8. The van der Waals surface area contributed by atoms with E-state index >= 15 is 0 Å². The van der Waals surface area contributed by atoms with Crippen molar-refractivity contribution in [2.45, 2.75) is 31.7 Å². The highest BCUT2D eigenvalue weighted by molar-refractivity contribution is 7.91. The van der Waals surface area contributed by atoms with Crippen molar-refractivity contribution in [3.63, 3.8) is 0 Å². The van der Waals surface area contributed by atoms with Gasteiger partial charge >= 0.3 is 0 Å². The summed E-state index contributed by atoms with van der Waals surface area (Å²) in [6.07, 6.45) is 6.43. The first-order chi connectivity index (χ1) is 16.1. The fraction of sp³-hybridized carbons (Fsp3) is 0.200. The molecule has 0 fully saturated rings. The summed E-state index contributed by atoms with van der Waals surface area (Å²) in [6, 6.07) is 10.6. The zero-order chi connectivity index (χ0) is 24.5. The van der Waals surface area contributed by atoms with Crippen LogP contribution in [0.4, 0.5) is 5.82 Å². The Morgan fingerprint density at radius 3 is 2.56 bits per heavy atom. The van der Waals surface area contributed by atoms with Crippen LogP contribution in [0.15, 0.2) is 59.9 Å². The van der Waals surface area contributed by atoms with E-state index in [0.29, 0.717) is 35.6 Å². The lowest BCUT2D eigenvalue weighted by Crippen LogP contribution is -2.23. The molecule has 0 saturated heterocycles. The number of nitrogens with two attached hydrogens (primary N) is 1. The summed E-state index contributed by atoms with van der Waals surface area (Å²) in [5.74, 6) is 0.194. The minimum Gasteiger partial charge on any atom is -0.384 e. The van der Waals surface area contributed by atoms with Crippen molar-refractivity contribution in [2.75, 3.05) is 12.0 Å². The van der Waals surface area contributed by atoms with E-state index in [9.17, 15) is 13.2 Å². The topological polar surface area (TPSA) is 128 Å². The minimum atomic E-state index is -3.48. The maximum atomic E-state index is 12.7. The number of carbonyl (C=O) groups is 1. The van der Waals surface area contributed by atoms with Crippen molar-refractivity contribution in [3.05, 3.63) is 88.5 Å². The van der Waals surface area contributed by atoms with Crippen molar-refractivity contribution in [1.82, 2.24) is 20.3 Å². The predicted molar refractivity (Wildman–Crippen MR) is 131 cm³/mol. The quantitative estimate of drug-likeness (QED) is 0.438. The van der Waals surface area contributed by atoms with Gasteiger partial charge in [-0.3, -0.25) is 14.8 Å². The molecule has 3 N–H and O–H groups in total. The fourth-order valence-corrected chi connectivity index (χ4v) is 4.65. The Morgan fingerprint density at radius 2 is 1.82 bits per heavy atom. The summed E-state index contributed by atoms with van der Waals surface area (Å²) in [7, 11) is -3.48. The van der Waals surface area contributed by atoms with Crippen molar-refractivity contribution < 1.29 is 13.2 Å². The number of fused-ring (bicyclic) bond motifs is 1. The van der Waals surface area contributed by atoms with Crippen LogP contribution < -0.4 is 11.1 Å². The molecule has 0 bridgehead atoms. The average molecular weight is 476 g/mol. The van der Waals surface area contributed by atoms with E-state index in [4.69, 9.17) is 5.73 Å². The van der Waals surface area contributed by atoms with Crippen LogP contribution in [-0.4, -0.2) is 35.5 Å². The SMILES string of the molecule is Cc1cnc2c(S(C)(=O)=O)cc(Cc3cc(C(=O)NCc4cnc(N)cc4C)ccn3)cc2c1. The molecule has 4 aromatic rings. The van der Waals surface area contributed by atoms with Crippen molar-refractivity contribution in [1.29, 1.82) is 0 Å². The number of hydrogen-bond donors (Lipinski definition) is 2. The van der Waals surface area contributed by atoms with Gasteiger partial charge in [0.05, 0.1) is 10.4 Å². The molecule has 0 saturated carbocycles. The molecule has 0 aliphatic rings. The lowest BCUT2D eigenvalue weighted by atomic mass is 10.0. The first-order valence-electron chi connectivity index (χ1n) is 10.6. The highest BCUT2D eigenvalue weighted by Crippen LogP contribution is 2.25. The molecule has 1 amide bonds. The third-order valence-corrected chi connectivity index (χ3v) is 6.60. The fourth-order valence-electron chi connectivity index (χ4n) is 3.76. The normalized spacial score (nSPS) is 11.5. The van der Waals surface area contributed by atoms with E-state index < -0.39 is 9.84 Å². The second kappa shape index (κ2) is 9.18. The number of nitrogens with one attached hydrogen (secondary N) is 1. The Kier molecular flexibility index (Phi) is 6.30. The number of carbonyl (C=O) groups excluding carboxylic acids is 1. The Balaban J connectivity index is 1.58. The van der Waals surface area contributed by atoms with Gasteiger partial charge in [0.2, 0.25) is 0 Å². The number of pyridine rings is 3. The van der Waals surface area contributed by atoms with Crippen LogP contribution in [0.5, 0.6) is 0 Å². The summed E-state index contributed by atoms with van der Waals surface area (Å²) < 4.78 is 24.8. The van der Waals surface area contributed by atoms with Crippen LogP contribution in [0.25, 0.3) is 10.9 Å². The number of benzene rings is 1. The molecular weight excluding hydrogens is 450 g/mol. The van der Waals surface area contributed by atoms with Crippen LogP contribution in [0.3, 0.4) is 0 Å². The molecule has 34 heavy (non-hydrogen) atoms. The average Bonchev–Trinajstić information content (AvgIpc) is 2.77. The largest absolute Gasteiger partial charge is 0.384 e. The van der Waals surface area contributed by atoms with Crippen LogP contribution in [0, 0.1) is 13.8 Å². The van der Waals surface area contributed by atoms with Gasteiger partial charge in [0.25, 0.3) is 5.91 Å². The van der Waals surface area contributed by atoms with Crippen molar-refractivity contribution in [2.24, 2.45) is 0 Å². The Hall–Kier alpha value is -3.85. The molecule has 1 aromatic carbocycles. The summed E-state index contributed by atoms with van der Waals surface area (Å²) in [6.45, 7) is 4.14. The number of rotatable bonds is 6. The van der Waals surface area contributed by atoms with E-state index in [-0.39, 0.29) is 10.8 Å². The third kappa shape index (κ3) is 5.20. The van der Waals surface area contributed by atoms with Crippen LogP contribution in [0.1, 0.15) is 38.3 Å². The predicted octanol–water partition coefficient (Wildman–Crippen LogP) is 3.15. The number of aryl methyl sites for hydroxylation is 2. The highest BCUT2D eigenvalue weighted by Gasteiger charge is 2.16. The highest BCUT2D eigenvalue weighted by atomic mass is 32.2. The molecule has 174 valence electrons. The van der Waals surface area contributed by atoms with Gasteiger partial charge in [0.1, 0.15) is 5.82 Å². The molecular formula is C25H25N5O3S. The Labute approximate surface area is 198 Å². The lowest BCUT2D eigenvalue weighted by molar-refractivity contribution is 0.0950. The standard InChI is InChI=1S/C25H25N5O3S/c1-15-6-19-8-17(10-22(34(3,32)33)24(19)29-12-15)9-21-11-18(4-5-27-21)25(31)30-14-20-13-28-23(26)7-16(20)2/h4-8,10-13H,9,14H2,1-3H3,(H2,26,28)(H,30,31). The first-order valence-corrected chi connectivity index (χ1v) is 12.5. The molecule has 8 nitrogen and oxygen atoms in total. The zero-order valence-electron chi connectivity index (χ0n) is 19.2. The van der Waals surface area contributed by atoms with Gasteiger partial charge in [-0.2, -0.15) is 0 Å². The van der Waals surface area contributed by atoms with Crippen molar-refractivity contribution >= 4 is 32.5 Å². The molecule has 3 heterocycles. The smallest absolute Gasteiger partial charge is 0.251 e. The van der Waals surface area contributed by atoms with Gasteiger partial charge in [-0.25, -0.2) is 13.4 Å². The molecule has 9 heteroatoms. The van der Waals surface area contributed by atoms with Gasteiger partial charge in [-0.15, -0.1) is 0 Å². The molecule has 4 rings (SSSR count). The van der Waals surface area contributed by atoms with E-state index in [1.165, 1.54) is 6.26 Å². The number of sulfone groups is 1. The van der Waals surface area contributed by atoms with Crippen LogP contribution in [0.2, 0.25) is 0 Å². The summed E-state index contributed by atoms with van der Waals surface area (Å²) >= 11 is 0. The molecule has 0 atom stereocenters. The van der Waals surface area contributed by atoms with Gasteiger partial charge in [-0.1, -0.05) is 0 Å². The number of hydrogen-bond acceptors (Lipinski definition) is 7. The van der Waals surface area contributed by atoms with Gasteiger partial charge in [-0.05, 0) is 72.5 Å². The molecule has 3 aromatic heterocycles. The van der Waals surface area contributed by atoms with E-state index in [2.05, 4.69) is 20.3 Å². The van der Waals surface area contributed by atoms with Crippen LogP contribution in [-0.2, 0) is 22.8 Å². The first kappa shape index (κ1) is 23.3. The molecule has 0 aliphatic heterocycles. The molecule has 0 radical (unpaired) electrons. The zero-order valence-corrected chi connectivity index (χ0v) is 20.0. The number of anilines is 1. The second-order valence-electron chi connectivity index (χ2n) is 8.38. The van der Waals surface area contributed by atoms with E-state index in [1.54, 1.807) is 42.9 Å². The van der Waals surface area contributed by atoms with Gasteiger partial charge in [0, 0.05) is 54.5 Å². The lowest BCUT2D eigenvalue weighted by Gasteiger charge is -2.11. The van der Waals surface area contributed by atoms with E-state index in [0.717, 1.165) is 27.6 Å². The van der Waals surface area contributed by atoms with E-state index in [1.807, 2.05) is 26.0 Å². The van der Waals surface area contributed by atoms with Gasteiger partial charge in [0.15, 0.2) is 9.84 Å². The number of nitrogen functional groups attached to an aromatic ring is 1. The number of aromatic nitrogens is 3.